The van der Waals surface area contributed by atoms with Crippen molar-refractivity contribution in [3.63, 3.8) is 0 Å². The molecule has 6 heteroatoms. The third-order valence-corrected chi connectivity index (χ3v) is 5.35. The van der Waals surface area contributed by atoms with Crippen molar-refractivity contribution < 1.29 is 29.4 Å². The number of likely N-dealkylation sites (N-methyl/N-ethyl adjacent to an activating group) is 1. The van der Waals surface area contributed by atoms with Crippen LogP contribution in [0.1, 0.15) is 90.4 Å². The molecule has 0 aliphatic heterocycles. The van der Waals surface area contributed by atoms with Crippen molar-refractivity contribution in [3.05, 3.63) is 0 Å². The second-order valence-electron chi connectivity index (χ2n) is 9.45. The SMILES string of the molecule is CCCCCCCCCCCCCCC(O)C(=O)C(C(=O)O)C(O)C[N+](C)(C)C. The predicted octanol–water partition coefficient (Wildman–Crippen LogP) is 3.78. The molecular weight excluding hydrogens is 370 g/mol. The largest absolute Gasteiger partial charge is 0.481 e. The standard InChI is InChI=1S/C23H45NO5/c1-5-6-7-8-9-10-11-12-13-14-15-16-17-19(25)22(27)21(23(28)29)20(26)18-24(2,3)4/h19-21,25-26H,5-18H2,1-4H3/p+1. The minimum absolute atomic E-state index is 0.133. The van der Waals surface area contributed by atoms with Gasteiger partial charge in [0.25, 0.3) is 0 Å². The number of aliphatic carboxylic acids is 1. The average Bonchev–Trinajstić information content (AvgIpc) is 2.60. The van der Waals surface area contributed by atoms with Gasteiger partial charge in [0.05, 0.1) is 21.1 Å². The molecule has 172 valence electrons. The number of aliphatic hydroxyl groups is 2. The monoisotopic (exact) mass is 416 g/mol. The van der Waals surface area contributed by atoms with Crippen molar-refractivity contribution in [3.8, 4) is 0 Å². The Morgan fingerprint density at radius 1 is 0.759 bits per heavy atom. The van der Waals surface area contributed by atoms with Gasteiger partial charge in [0.15, 0.2) is 5.78 Å². The number of hydrogen-bond acceptors (Lipinski definition) is 4. The van der Waals surface area contributed by atoms with E-state index in [9.17, 15) is 24.9 Å². The molecule has 0 rings (SSSR count). The quantitative estimate of drug-likeness (QED) is 0.169. The lowest BCUT2D eigenvalue weighted by atomic mass is 9.91. The number of aliphatic hydroxyl groups excluding tert-OH is 2. The fourth-order valence-corrected chi connectivity index (χ4v) is 3.67. The van der Waals surface area contributed by atoms with Crippen LogP contribution in [-0.2, 0) is 9.59 Å². The zero-order valence-corrected chi connectivity index (χ0v) is 19.2. The highest BCUT2D eigenvalue weighted by molar-refractivity contribution is 6.01. The van der Waals surface area contributed by atoms with Gasteiger partial charge in [-0.15, -0.1) is 0 Å². The number of nitrogens with zero attached hydrogens (tertiary/aromatic N) is 1. The van der Waals surface area contributed by atoms with E-state index in [1.165, 1.54) is 57.8 Å². The minimum Gasteiger partial charge on any atom is -0.481 e. The van der Waals surface area contributed by atoms with E-state index in [1.807, 2.05) is 21.1 Å². The van der Waals surface area contributed by atoms with Gasteiger partial charge in [0.2, 0.25) is 0 Å². The first-order chi connectivity index (χ1) is 13.6. The fraction of sp³-hybridized carbons (Fsp3) is 0.913. The lowest BCUT2D eigenvalue weighted by Gasteiger charge is -2.29. The second-order valence-corrected chi connectivity index (χ2v) is 9.45. The first kappa shape index (κ1) is 28.0. The maximum absolute atomic E-state index is 12.3. The Bertz CT molecular complexity index is 447. The molecule has 0 amide bonds. The molecule has 0 spiro atoms. The number of carboxylic acids is 1. The predicted molar refractivity (Wildman–Crippen MR) is 117 cm³/mol. The minimum atomic E-state index is -1.57. The number of Topliss-reactive ketones (excluding diaryl/α,β-unsaturated/α-hetero) is 1. The van der Waals surface area contributed by atoms with Crippen LogP contribution in [0.25, 0.3) is 0 Å². The number of carbonyl (C=O) groups is 2. The van der Waals surface area contributed by atoms with Crippen molar-refractivity contribution in [2.24, 2.45) is 5.92 Å². The van der Waals surface area contributed by atoms with Gasteiger partial charge in [-0.05, 0) is 6.42 Å². The zero-order valence-electron chi connectivity index (χ0n) is 19.2. The summed E-state index contributed by atoms with van der Waals surface area (Å²) in [5.74, 6) is -3.72. The fourth-order valence-electron chi connectivity index (χ4n) is 3.67. The van der Waals surface area contributed by atoms with Gasteiger partial charge in [-0.2, -0.15) is 0 Å². The molecule has 0 radical (unpaired) electrons. The number of ketones is 1. The molecule has 3 unspecified atom stereocenters. The highest BCUT2D eigenvalue weighted by Crippen LogP contribution is 2.17. The van der Waals surface area contributed by atoms with Crippen LogP contribution in [0.4, 0.5) is 0 Å². The van der Waals surface area contributed by atoms with E-state index in [2.05, 4.69) is 6.92 Å². The normalized spacial score (nSPS) is 15.1. The van der Waals surface area contributed by atoms with E-state index in [1.54, 1.807) is 0 Å². The molecular formula is C23H46NO5+. The van der Waals surface area contributed by atoms with E-state index in [-0.39, 0.29) is 13.0 Å². The molecule has 0 fully saturated rings. The molecule has 0 saturated heterocycles. The molecule has 3 N–H and O–H groups in total. The number of quaternary nitrogens is 1. The molecule has 6 nitrogen and oxygen atoms in total. The lowest BCUT2D eigenvalue weighted by Crippen LogP contribution is -2.49. The second kappa shape index (κ2) is 15.8. The van der Waals surface area contributed by atoms with Crippen LogP contribution in [0, 0.1) is 5.92 Å². The van der Waals surface area contributed by atoms with Crippen molar-refractivity contribution in [1.82, 2.24) is 0 Å². The number of hydrogen-bond donors (Lipinski definition) is 3. The number of rotatable bonds is 19. The van der Waals surface area contributed by atoms with Crippen LogP contribution in [0.3, 0.4) is 0 Å². The summed E-state index contributed by atoms with van der Waals surface area (Å²) >= 11 is 0. The molecule has 0 saturated carbocycles. The van der Waals surface area contributed by atoms with Crippen LogP contribution in [0.2, 0.25) is 0 Å². The third kappa shape index (κ3) is 14.6. The molecule has 0 aromatic rings. The summed E-state index contributed by atoms with van der Waals surface area (Å²) in [6, 6.07) is 0. The highest BCUT2D eigenvalue weighted by atomic mass is 16.4. The van der Waals surface area contributed by atoms with Crippen molar-refractivity contribution in [1.29, 1.82) is 0 Å². The van der Waals surface area contributed by atoms with E-state index in [4.69, 9.17) is 0 Å². The van der Waals surface area contributed by atoms with Crippen molar-refractivity contribution in [2.75, 3.05) is 27.7 Å². The Balaban J connectivity index is 3.98. The van der Waals surface area contributed by atoms with Gasteiger partial charge < -0.3 is 19.8 Å². The molecule has 0 aromatic heterocycles. The smallest absolute Gasteiger partial charge is 0.317 e. The Kier molecular flexibility index (Phi) is 15.3. The number of unbranched alkanes of at least 4 members (excludes halogenated alkanes) is 11. The van der Waals surface area contributed by atoms with E-state index in [0.717, 1.165) is 12.8 Å². The Morgan fingerprint density at radius 3 is 1.55 bits per heavy atom. The molecule has 29 heavy (non-hydrogen) atoms. The molecule has 3 atom stereocenters. The van der Waals surface area contributed by atoms with Crippen LogP contribution >= 0.6 is 0 Å². The van der Waals surface area contributed by atoms with Crippen molar-refractivity contribution in [2.45, 2.75) is 103 Å². The number of carbonyl (C=O) groups excluding carboxylic acids is 1. The zero-order chi connectivity index (χ0) is 22.3. The lowest BCUT2D eigenvalue weighted by molar-refractivity contribution is -0.873. The molecule has 0 aliphatic carbocycles. The van der Waals surface area contributed by atoms with Gasteiger partial charge in [0.1, 0.15) is 24.7 Å². The first-order valence-corrected chi connectivity index (χ1v) is 11.5. The number of carboxylic acid groups (broad SMARTS) is 1. The van der Waals surface area contributed by atoms with Gasteiger partial charge in [-0.1, -0.05) is 84.0 Å². The van der Waals surface area contributed by atoms with Gasteiger partial charge in [-0.25, -0.2) is 0 Å². The summed E-state index contributed by atoms with van der Waals surface area (Å²) in [5, 5.41) is 29.6. The molecule has 0 aliphatic rings. The topological polar surface area (TPSA) is 94.8 Å². The van der Waals surface area contributed by atoms with Crippen molar-refractivity contribution >= 4 is 11.8 Å². The van der Waals surface area contributed by atoms with E-state index in [0.29, 0.717) is 10.9 Å². The highest BCUT2D eigenvalue weighted by Gasteiger charge is 2.39. The summed E-state index contributed by atoms with van der Waals surface area (Å²) in [4.78, 5) is 23.8. The van der Waals surface area contributed by atoms with E-state index >= 15 is 0 Å². The third-order valence-electron chi connectivity index (χ3n) is 5.35. The van der Waals surface area contributed by atoms with E-state index < -0.39 is 29.9 Å². The molecule has 0 heterocycles. The summed E-state index contributed by atoms with van der Waals surface area (Å²) in [6.45, 7) is 2.36. The van der Waals surface area contributed by atoms with Gasteiger partial charge in [0, 0.05) is 0 Å². The maximum atomic E-state index is 12.3. The van der Waals surface area contributed by atoms with Gasteiger partial charge >= 0.3 is 5.97 Å². The first-order valence-electron chi connectivity index (χ1n) is 11.5. The van der Waals surface area contributed by atoms with Crippen LogP contribution < -0.4 is 0 Å². The average molecular weight is 417 g/mol. The molecule has 0 bridgehead atoms. The van der Waals surface area contributed by atoms with Crippen LogP contribution in [0.5, 0.6) is 0 Å². The summed E-state index contributed by atoms with van der Waals surface area (Å²) in [5.41, 5.74) is 0. The Labute approximate surface area is 177 Å². The van der Waals surface area contributed by atoms with Gasteiger partial charge in [-0.3, -0.25) is 9.59 Å². The summed E-state index contributed by atoms with van der Waals surface area (Å²) in [6.07, 6.45) is 12.0. The summed E-state index contributed by atoms with van der Waals surface area (Å²) in [7, 11) is 5.44. The summed E-state index contributed by atoms with van der Waals surface area (Å²) < 4.78 is 0.340. The Morgan fingerprint density at radius 2 is 1.17 bits per heavy atom. The Hall–Kier alpha value is -0.980. The maximum Gasteiger partial charge on any atom is 0.317 e. The van der Waals surface area contributed by atoms with Crippen LogP contribution in [0.15, 0.2) is 0 Å². The van der Waals surface area contributed by atoms with Crippen LogP contribution in [-0.4, -0.2) is 71.5 Å². The molecule has 0 aromatic carbocycles.